The molecule has 1 N–H and O–H groups in total. The van der Waals surface area contributed by atoms with Crippen molar-refractivity contribution in [3.63, 3.8) is 0 Å². The van der Waals surface area contributed by atoms with E-state index in [1.54, 1.807) is 54.5 Å². The lowest BCUT2D eigenvalue weighted by Gasteiger charge is -2.33. The van der Waals surface area contributed by atoms with Crippen LogP contribution in [0.1, 0.15) is 43.2 Å². The number of carbonyl (C=O) groups excluding carboxylic acids is 2. The van der Waals surface area contributed by atoms with Gasteiger partial charge >= 0.3 is 0 Å². The molecule has 0 heterocycles. The van der Waals surface area contributed by atoms with E-state index in [-0.39, 0.29) is 31.0 Å². The molecule has 0 saturated heterocycles. The highest BCUT2D eigenvalue weighted by molar-refractivity contribution is 6.35. The molecule has 1 aliphatic rings. The van der Waals surface area contributed by atoms with Crippen LogP contribution >= 0.6 is 23.2 Å². The van der Waals surface area contributed by atoms with E-state index in [0.717, 1.165) is 31.2 Å². The van der Waals surface area contributed by atoms with Crippen LogP contribution in [0, 0.1) is 0 Å². The monoisotopic (exact) mass is 568 g/mol. The fraction of sp³-hybridized carbons (Fsp3) is 0.355. The summed E-state index contributed by atoms with van der Waals surface area (Å²) in [5.74, 6) is 0.722. The van der Waals surface area contributed by atoms with Crippen LogP contribution in [-0.2, 0) is 22.6 Å². The van der Waals surface area contributed by atoms with Crippen molar-refractivity contribution >= 4 is 35.0 Å². The highest BCUT2D eigenvalue weighted by atomic mass is 35.5. The molecule has 0 bridgehead atoms. The van der Waals surface area contributed by atoms with Gasteiger partial charge in [-0.3, -0.25) is 9.59 Å². The molecule has 1 fully saturated rings. The number of rotatable bonds is 11. The average molecular weight is 570 g/mol. The fourth-order valence-corrected chi connectivity index (χ4v) is 5.30. The predicted octanol–water partition coefficient (Wildman–Crippen LogP) is 6.47. The number of carbonyl (C=O) groups is 2. The highest BCUT2D eigenvalue weighted by Gasteiger charge is 2.32. The van der Waals surface area contributed by atoms with Gasteiger partial charge in [0.25, 0.3) is 5.91 Å². The van der Waals surface area contributed by atoms with Crippen molar-refractivity contribution in [3.8, 4) is 11.5 Å². The minimum atomic E-state index is -0.756. The third-order valence-corrected chi connectivity index (χ3v) is 7.59. The first kappa shape index (κ1) is 28.8. The minimum Gasteiger partial charge on any atom is -0.497 e. The summed E-state index contributed by atoms with van der Waals surface area (Å²) >= 11 is 12.6. The largest absolute Gasteiger partial charge is 0.497 e. The van der Waals surface area contributed by atoms with Gasteiger partial charge in [0.05, 0.1) is 7.11 Å². The van der Waals surface area contributed by atoms with E-state index in [2.05, 4.69) is 5.32 Å². The SMILES string of the molecule is COc1ccc(OCC(=O)N(Cc2ccc(Cl)cc2Cl)[C@H](Cc2ccccc2)C(=O)NC2CCCCC2)cc1. The van der Waals surface area contributed by atoms with Gasteiger partial charge in [0, 0.05) is 29.1 Å². The van der Waals surface area contributed by atoms with Crippen molar-refractivity contribution in [3.05, 3.63) is 94.0 Å². The van der Waals surface area contributed by atoms with Crippen LogP contribution in [0.5, 0.6) is 11.5 Å². The maximum absolute atomic E-state index is 13.8. The summed E-state index contributed by atoms with van der Waals surface area (Å²) in [6.07, 6.45) is 5.61. The van der Waals surface area contributed by atoms with E-state index in [1.807, 2.05) is 30.3 Å². The number of amides is 2. The molecule has 1 atom stereocenters. The normalized spacial score (nSPS) is 14.3. The topological polar surface area (TPSA) is 67.9 Å². The summed E-state index contributed by atoms with van der Waals surface area (Å²) in [5, 5.41) is 4.16. The fourth-order valence-electron chi connectivity index (χ4n) is 4.83. The Balaban J connectivity index is 1.62. The zero-order valence-corrected chi connectivity index (χ0v) is 23.6. The molecule has 3 aromatic rings. The second kappa shape index (κ2) is 14.2. The summed E-state index contributed by atoms with van der Waals surface area (Å²) in [6.45, 7) is -0.101. The number of hydrogen-bond acceptors (Lipinski definition) is 4. The van der Waals surface area contributed by atoms with Crippen molar-refractivity contribution in [1.82, 2.24) is 10.2 Å². The number of halogens is 2. The Morgan fingerprint density at radius 2 is 1.64 bits per heavy atom. The van der Waals surface area contributed by atoms with Gasteiger partial charge in [-0.05, 0) is 60.4 Å². The van der Waals surface area contributed by atoms with Crippen LogP contribution in [0.4, 0.5) is 0 Å². The smallest absolute Gasteiger partial charge is 0.261 e. The number of methoxy groups -OCH3 is 1. The van der Waals surface area contributed by atoms with E-state index < -0.39 is 6.04 Å². The maximum atomic E-state index is 13.8. The molecule has 1 aliphatic carbocycles. The van der Waals surface area contributed by atoms with Crippen molar-refractivity contribution in [1.29, 1.82) is 0 Å². The molecule has 39 heavy (non-hydrogen) atoms. The molecule has 4 rings (SSSR count). The second-order valence-electron chi connectivity index (χ2n) is 9.77. The Morgan fingerprint density at radius 1 is 0.949 bits per heavy atom. The number of benzene rings is 3. The van der Waals surface area contributed by atoms with E-state index >= 15 is 0 Å². The lowest BCUT2D eigenvalue weighted by molar-refractivity contribution is -0.143. The summed E-state index contributed by atoms with van der Waals surface area (Å²) in [4.78, 5) is 29.2. The first-order chi connectivity index (χ1) is 18.9. The number of nitrogens with zero attached hydrogens (tertiary/aromatic N) is 1. The van der Waals surface area contributed by atoms with Crippen LogP contribution in [0.25, 0.3) is 0 Å². The molecule has 2 amide bonds. The van der Waals surface area contributed by atoms with Gasteiger partial charge in [0.1, 0.15) is 17.5 Å². The summed E-state index contributed by atoms with van der Waals surface area (Å²) < 4.78 is 11.0. The van der Waals surface area contributed by atoms with Crippen LogP contribution in [-0.4, -0.2) is 42.5 Å². The van der Waals surface area contributed by atoms with E-state index in [9.17, 15) is 9.59 Å². The van der Waals surface area contributed by atoms with Gasteiger partial charge in [-0.1, -0.05) is 78.9 Å². The van der Waals surface area contributed by atoms with E-state index in [4.69, 9.17) is 32.7 Å². The number of ether oxygens (including phenoxy) is 2. The molecule has 0 radical (unpaired) electrons. The Kier molecular flexibility index (Phi) is 10.5. The summed E-state index contributed by atoms with van der Waals surface area (Å²) in [6, 6.07) is 21.2. The molecule has 8 heteroatoms. The highest BCUT2D eigenvalue weighted by Crippen LogP contribution is 2.25. The Hall–Kier alpha value is -3.22. The van der Waals surface area contributed by atoms with Gasteiger partial charge in [0.15, 0.2) is 6.61 Å². The molecule has 6 nitrogen and oxygen atoms in total. The lowest BCUT2D eigenvalue weighted by Crippen LogP contribution is -2.53. The van der Waals surface area contributed by atoms with Crippen LogP contribution in [0.2, 0.25) is 10.0 Å². The minimum absolute atomic E-state index is 0.108. The van der Waals surface area contributed by atoms with Gasteiger partial charge in [-0.2, -0.15) is 0 Å². The lowest BCUT2D eigenvalue weighted by atomic mass is 9.94. The molecule has 206 valence electrons. The average Bonchev–Trinajstić information content (AvgIpc) is 2.96. The second-order valence-corrected chi connectivity index (χ2v) is 10.6. The maximum Gasteiger partial charge on any atom is 0.261 e. The van der Waals surface area contributed by atoms with Crippen molar-refractivity contribution in [2.75, 3.05) is 13.7 Å². The zero-order chi connectivity index (χ0) is 27.6. The Morgan fingerprint density at radius 3 is 2.31 bits per heavy atom. The molecular weight excluding hydrogens is 535 g/mol. The first-order valence-electron chi connectivity index (χ1n) is 13.3. The van der Waals surface area contributed by atoms with Gasteiger partial charge in [-0.15, -0.1) is 0 Å². The molecule has 0 unspecified atom stereocenters. The van der Waals surface area contributed by atoms with E-state index in [0.29, 0.717) is 33.5 Å². The first-order valence-corrected chi connectivity index (χ1v) is 14.0. The van der Waals surface area contributed by atoms with Crippen molar-refractivity contribution in [2.45, 2.75) is 57.2 Å². The zero-order valence-electron chi connectivity index (χ0n) is 22.1. The predicted molar refractivity (Wildman–Crippen MR) is 154 cm³/mol. The van der Waals surface area contributed by atoms with Crippen LogP contribution < -0.4 is 14.8 Å². The molecule has 0 aliphatic heterocycles. The van der Waals surface area contributed by atoms with Crippen molar-refractivity contribution < 1.29 is 19.1 Å². The third-order valence-electron chi connectivity index (χ3n) is 7.00. The van der Waals surface area contributed by atoms with Gasteiger partial charge < -0.3 is 19.7 Å². The molecular formula is C31H34Cl2N2O4. The number of nitrogens with one attached hydrogen (secondary N) is 1. The summed E-state index contributed by atoms with van der Waals surface area (Å²) in [7, 11) is 1.59. The number of hydrogen-bond donors (Lipinski definition) is 1. The Labute approximate surface area is 240 Å². The molecule has 3 aromatic carbocycles. The van der Waals surface area contributed by atoms with Crippen molar-refractivity contribution in [2.24, 2.45) is 0 Å². The van der Waals surface area contributed by atoms with Crippen LogP contribution in [0.15, 0.2) is 72.8 Å². The van der Waals surface area contributed by atoms with Gasteiger partial charge in [0.2, 0.25) is 5.91 Å². The Bertz CT molecular complexity index is 1230. The van der Waals surface area contributed by atoms with Crippen LogP contribution in [0.3, 0.4) is 0 Å². The molecule has 1 saturated carbocycles. The quantitative estimate of drug-likeness (QED) is 0.288. The standard InChI is InChI=1S/C31H34Cl2N2O4/c1-38-26-14-16-27(17-15-26)39-21-30(36)35(20-23-12-13-24(32)19-28(23)33)29(18-22-8-4-2-5-9-22)31(37)34-25-10-6-3-7-11-25/h2,4-5,8-9,12-17,19,25,29H,3,6-7,10-11,18,20-21H2,1H3,(H,34,37)/t29-/m1/s1. The van der Waals surface area contributed by atoms with Gasteiger partial charge in [-0.25, -0.2) is 0 Å². The van der Waals surface area contributed by atoms with E-state index in [1.165, 1.54) is 6.42 Å². The third kappa shape index (κ3) is 8.38. The summed E-state index contributed by atoms with van der Waals surface area (Å²) in [5.41, 5.74) is 1.65. The molecule has 0 aromatic heterocycles. The molecule has 0 spiro atoms.